The van der Waals surface area contributed by atoms with E-state index in [0.717, 1.165) is 18.9 Å². The van der Waals surface area contributed by atoms with Gasteiger partial charge < -0.3 is 16.0 Å². The second-order valence-corrected chi connectivity index (χ2v) is 4.92. The van der Waals surface area contributed by atoms with Crippen LogP contribution in [0.15, 0.2) is 0 Å². The van der Waals surface area contributed by atoms with Gasteiger partial charge in [0.2, 0.25) is 11.8 Å². The Morgan fingerprint density at radius 2 is 1.78 bits per heavy atom. The maximum Gasteiger partial charge on any atom is 0.239 e. The minimum Gasteiger partial charge on any atom is -0.353 e. The summed E-state index contributed by atoms with van der Waals surface area (Å²) < 4.78 is 0. The fraction of sp³-hybridized carbons (Fsp3) is 0.846. The summed E-state index contributed by atoms with van der Waals surface area (Å²) in [6.07, 6.45) is 6.65. The lowest BCUT2D eigenvalue weighted by Crippen LogP contribution is -2.39. The van der Waals surface area contributed by atoms with E-state index < -0.39 is 0 Å². The van der Waals surface area contributed by atoms with Gasteiger partial charge in [0.05, 0.1) is 6.54 Å². The molecule has 1 fully saturated rings. The van der Waals surface area contributed by atoms with E-state index in [0.29, 0.717) is 13.0 Å². The van der Waals surface area contributed by atoms with E-state index >= 15 is 0 Å². The monoisotopic (exact) mass is 255 g/mol. The van der Waals surface area contributed by atoms with Crippen molar-refractivity contribution < 1.29 is 9.59 Å². The van der Waals surface area contributed by atoms with Crippen LogP contribution >= 0.6 is 0 Å². The van der Waals surface area contributed by atoms with Gasteiger partial charge in [0.1, 0.15) is 0 Å². The van der Waals surface area contributed by atoms with E-state index in [1.54, 1.807) is 0 Å². The van der Waals surface area contributed by atoms with Crippen molar-refractivity contribution in [1.82, 2.24) is 16.0 Å². The Kier molecular flexibility index (Phi) is 7.41. The predicted molar refractivity (Wildman–Crippen MR) is 71.1 cm³/mol. The van der Waals surface area contributed by atoms with Crippen molar-refractivity contribution in [3.8, 4) is 0 Å². The third-order valence-electron chi connectivity index (χ3n) is 3.40. The topological polar surface area (TPSA) is 70.2 Å². The molecule has 0 heterocycles. The van der Waals surface area contributed by atoms with Crippen molar-refractivity contribution in [2.24, 2.45) is 5.92 Å². The van der Waals surface area contributed by atoms with Crippen LogP contribution < -0.4 is 16.0 Å². The number of carbonyl (C=O) groups excluding carboxylic acids is 2. The van der Waals surface area contributed by atoms with Crippen LogP contribution in [-0.2, 0) is 9.59 Å². The second kappa shape index (κ2) is 8.91. The maximum absolute atomic E-state index is 11.5. The summed E-state index contributed by atoms with van der Waals surface area (Å²) in [6.45, 7) is 1.42. The quantitative estimate of drug-likeness (QED) is 0.550. The summed E-state index contributed by atoms with van der Waals surface area (Å²) in [5.41, 5.74) is 0. The molecule has 1 aliphatic rings. The van der Waals surface area contributed by atoms with Gasteiger partial charge in [0.25, 0.3) is 0 Å². The van der Waals surface area contributed by atoms with Gasteiger partial charge in [-0.2, -0.15) is 0 Å². The van der Waals surface area contributed by atoms with Gasteiger partial charge in [0.15, 0.2) is 0 Å². The van der Waals surface area contributed by atoms with Gasteiger partial charge in [-0.25, -0.2) is 0 Å². The molecule has 5 nitrogen and oxygen atoms in total. The summed E-state index contributed by atoms with van der Waals surface area (Å²) in [5, 5.41) is 8.32. The number of likely N-dealkylation sites (N-methyl/N-ethyl adjacent to an activating group) is 1. The number of amides is 2. The Hall–Kier alpha value is -1.10. The lowest BCUT2D eigenvalue weighted by molar-refractivity contribution is -0.126. The van der Waals surface area contributed by atoms with Crippen molar-refractivity contribution in [3.05, 3.63) is 0 Å². The number of hydrogen-bond acceptors (Lipinski definition) is 3. The second-order valence-electron chi connectivity index (χ2n) is 4.92. The maximum atomic E-state index is 11.5. The molecule has 0 bridgehead atoms. The first-order valence-corrected chi connectivity index (χ1v) is 6.90. The average molecular weight is 255 g/mol. The molecule has 0 aliphatic heterocycles. The van der Waals surface area contributed by atoms with Crippen molar-refractivity contribution >= 4 is 11.8 Å². The van der Waals surface area contributed by atoms with Crippen molar-refractivity contribution in [3.63, 3.8) is 0 Å². The summed E-state index contributed by atoms with van der Waals surface area (Å²) >= 11 is 0. The zero-order chi connectivity index (χ0) is 13.2. The molecule has 0 spiro atoms. The van der Waals surface area contributed by atoms with Crippen molar-refractivity contribution in [2.45, 2.75) is 38.5 Å². The molecule has 104 valence electrons. The van der Waals surface area contributed by atoms with Crippen LogP contribution in [0.4, 0.5) is 0 Å². The van der Waals surface area contributed by atoms with Crippen LogP contribution in [-0.4, -0.2) is 38.5 Å². The van der Waals surface area contributed by atoms with Gasteiger partial charge in [0, 0.05) is 19.5 Å². The standard InChI is InChI=1S/C13H25N3O2/c1-14-8-9-15-13(18)10-16-12(17)7-6-11-4-2-3-5-11/h11,14H,2-10H2,1H3,(H,15,18)(H,16,17). The fourth-order valence-corrected chi connectivity index (χ4v) is 2.29. The molecule has 0 atom stereocenters. The van der Waals surface area contributed by atoms with Crippen LogP contribution in [0.25, 0.3) is 0 Å². The first-order valence-electron chi connectivity index (χ1n) is 6.90. The zero-order valence-electron chi connectivity index (χ0n) is 11.3. The molecule has 1 aliphatic carbocycles. The molecule has 5 heteroatoms. The molecule has 0 radical (unpaired) electrons. The lowest BCUT2D eigenvalue weighted by Gasteiger charge is -2.09. The van der Waals surface area contributed by atoms with E-state index in [-0.39, 0.29) is 18.4 Å². The van der Waals surface area contributed by atoms with Crippen LogP contribution in [0.2, 0.25) is 0 Å². The molecule has 1 rings (SSSR count). The van der Waals surface area contributed by atoms with Gasteiger partial charge >= 0.3 is 0 Å². The van der Waals surface area contributed by atoms with E-state index in [1.807, 2.05) is 7.05 Å². The third kappa shape index (κ3) is 6.59. The Labute approximate surface area is 109 Å². The van der Waals surface area contributed by atoms with Crippen LogP contribution in [0.3, 0.4) is 0 Å². The van der Waals surface area contributed by atoms with Crippen LogP contribution in [0.1, 0.15) is 38.5 Å². The highest BCUT2D eigenvalue weighted by molar-refractivity contribution is 5.84. The minimum atomic E-state index is -0.125. The zero-order valence-corrected chi connectivity index (χ0v) is 11.3. The molecule has 0 unspecified atom stereocenters. The molecule has 0 aromatic heterocycles. The molecule has 2 amide bonds. The van der Waals surface area contributed by atoms with Crippen LogP contribution in [0.5, 0.6) is 0 Å². The first kappa shape index (κ1) is 15.0. The highest BCUT2D eigenvalue weighted by Crippen LogP contribution is 2.28. The molecule has 0 aromatic carbocycles. The van der Waals surface area contributed by atoms with Gasteiger partial charge in [-0.1, -0.05) is 25.7 Å². The number of carbonyl (C=O) groups is 2. The van der Waals surface area contributed by atoms with Crippen molar-refractivity contribution in [1.29, 1.82) is 0 Å². The summed E-state index contributed by atoms with van der Waals surface area (Å²) in [6, 6.07) is 0. The molecule has 18 heavy (non-hydrogen) atoms. The number of nitrogens with one attached hydrogen (secondary N) is 3. The molecule has 0 aromatic rings. The molecule has 1 saturated carbocycles. The SMILES string of the molecule is CNCCNC(=O)CNC(=O)CCC1CCCC1. The predicted octanol–water partition coefficient (Wildman–Crippen LogP) is 0.409. The molecule has 0 saturated heterocycles. The van der Waals surface area contributed by atoms with E-state index in [4.69, 9.17) is 0 Å². The summed E-state index contributed by atoms with van der Waals surface area (Å²) in [7, 11) is 1.83. The number of hydrogen-bond donors (Lipinski definition) is 3. The van der Waals surface area contributed by atoms with Crippen molar-refractivity contribution in [2.75, 3.05) is 26.7 Å². The van der Waals surface area contributed by atoms with Gasteiger partial charge in [-0.15, -0.1) is 0 Å². The average Bonchev–Trinajstić information content (AvgIpc) is 2.87. The van der Waals surface area contributed by atoms with E-state index in [2.05, 4.69) is 16.0 Å². The Morgan fingerprint density at radius 1 is 1.06 bits per heavy atom. The lowest BCUT2D eigenvalue weighted by atomic mass is 10.0. The molecular formula is C13H25N3O2. The van der Waals surface area contributed by atoms with E-state index in [1.165, 1.54) is 25.7 Å². The van der Waals surface area contributed by atoms with Gasteiger partial charge in [-0.05, 0) is 19.4 Å². The smallest absolute Gasteiger partial charge is 0.239 e. The minimum absolute atomic E-state index is 0.00864. The first-order chi connectivity index (χ1) is 8.72. The van der Waals surface area contributed by atoms with Crippen LogP contribution in [0, 0.1) is 5.92 Å². The Balaban J connectivity index is 1.99. The third-order valence-corrected chi connectivity index (χ3v) is 3.40. The summed E-state index contributed by atoms with van der Waals surface area (Å²) in [5.74, 6) is 0.588. The number of rotatable bonds is 8. The van der Waals surface area contributed by atoms with Gasteiger partial charge in [-0.3, -0.25) is 9.59 Å². The Morgan fingerprint density at radius 3 is 2.44 bits per heavy atom. The fourth-order valence-electron chi connectivity index (χ4n) is 2.29. The highest BCUT2D eigenvalue weighted by atomic mass is 16.2. The van der Waals surface area contributed by atoms with E-state index in [9.17, 15) is 9.59 Å². The molecule has 3 N–H and O–H groups in total. The molecular weight excluding hydrogens is 230 g/mol. The Bertz CT molecular complexity index is 263. The largest absolute Gasteiger partial charge is 0.353 e. The highest BCUT2D eigenvalue weighted by Gasteiger charge is 2.16. The normalized spacial score (nSPS) is 15.6. The summed E-state index contributed by atoms with van der Waals surface area (Å²) in [4.78, 5) is 22.9.